The third kappa shape index (κ3) is 2.45. The van der Waals surface area contributed by atoms with Crippen molar-refractivity contribution < 1.29 is 5.11 Å². The number of phenolic OH excluding ortho intramolecular Hbond substituents is 1. The molecule has 3 N–H and O–H groups in total. The molecule has 0 aliphatic carbocycles. The molecular formula is C10H14BrNO. The van der Waals surface area contributed by atoms with Crippen molar-refractivity contribution in [2.75, 3.05) is 0 Å². The van der Waals surface area contributed by atoms with Crippen LogP contribution in [0.1, 0.15) is 18.1 Å². The van der Waals surface area contributed by atoms with Crippen molar-refractivity contribution in [1.29, 1.82) is 0 Å². The molecule has 1 aromatic carbocycles. The Balaban J connectivity index is 3.04. The van der Waals surface area contributed by atoms with E-state index >= 15 is 0 Å². The number of hydrogen-bond donors (Lipinski definition) is 2. The zero-order valence-corrected chi connectivity index (χ0v) is 9.43. The first kappa shape index (κ1) is 10.5. The van der Waals surface area contributed by atoms with Crippen LogP contribution in [-0.2, 0) is 6.42 Å². The molecule has 2 nitrogen and oxygen atoms in total. The van der Waals surface area contributed by atoms with E-state index in [2.05, 4.69) is 15.9 Å². The molecule has 13 heavy (non-hydrogen) atoms. The molecule has 0 saturated carbocycles. The molecule has 0 spiro atoms. The maximum absolute atomic E-state index is 9.72. The van der Waals surface area contributed by atoms with E-state index in [1.54, 1.807) is 0 Å². The summed E-state index contributed by atoms with van der Waals surface area (Å²) in [6.45, 7) is 3.87. The van der Waals surface area contributed by atoms with Crippen molar-refractivity contribution >= 4 is 15.9 Å². The SMILES string of the molecule is Cc1ccc(CC(C)N)c(O)c1Br. The molecule has 72 valence electrons. The van der Waals surface area contributed by atoms with Crippen molar-refractivity contribution in [1.82, 2.24) is 0 Å². The quantitative estimate of drug-likeness (QED) is 0.838. The van der Waals surface area contributed by atoms with Crippen molar-refractivity contribution in [2.45, 2.75) is 26.3 Å². The number of aryl methyl sites for hydroxylation is 1. The average Bonchev–Trinajstić information content (AvgIpc) is 2.06. The molecule has 0 radical (unpaired) electrons. The summed E-state index contributed by atoms with van der Waals surface area (Å²) >= 11 is 3.33. The van der Waals surface area contributed by atoms with Crippen LogP contribution in [0.4, 0.5) is 0 Å². The van der Waals surface area contributed by atoms with Gasteiger partial charge in [0.25, 0.3) is 0 Å². The smallest absolute Gasteiger partial charge is 0.133 e. The van der Waals surface area contributed by atoms with Crippen LogP contribution < -0.4 is 5.73 Å². The minimum atomic E-state index is 0.0699. The Labute approximate surface area is 86.9 Å². The van der Waals surface area contributed by atoms with Crippen LogP contribution in [0.25, 0.3) is 0 Å². The van der Waals surface area contributed by atoms with Crippen LogP contribution in [0, 0.1) is 6.92 Å². The number of phenols is 1. The minimum Gasteiger partial charge on any atom is -0.506 e. The van der Waals surface area contributed by atoms with Crippen molar-refractivity contribution in [3.63, 3.8) is 0 Å². The Bertz CT molecular complexity index is 310. The van der Waals surface area contributed by atoms with Crippen LogP contribution in [0.3, 0.4) is 0 Å². The number of rotatable bonds is 2. The molecule has 1 rings (SSSR count). The van der Waals surface area contributed by atoms with Gasteiger partial charge >= 0.3 is 0 Å². The monoisotopic (exact) mass is 243 g/mol. The lowest BCUT2D eigenvalue weighted by Gasteiger charge is -2.10. The van der Waals surface area contributed by atoms with Crippen molar-refractivity contribution in [2.24, 2.45) is 5.73 Å². The normalized spacial score (nSPS) is 12.9. The maximum atomic E-state index is 9.72. The van der Waals surface area contributed by atoms with E-state index in [1.807, 2.05) is 26.0 Å². The largest absolute Gasteiger partial charge is 0.506 e. The third-order valence-electron chi connectivity index (χ3n) is 1.93. The highest BCUT2D eigenvalue weighted by atomic mass is 79.9. The predicted molar refractivity (Wildman–Crippen MR) is 57.9 cm³/mol. The second kappa shape index (κ2) is 4.11. The summed E-state index contributed by atoms with van der Waals surface area (Å²) in [7, 11) is 0. The van der Waals surface area contributed by atoms with Crippen LogP contribution in [0.2, 0.25) is 0 Å². The Kier molecular flexibility index (Phi) is 3.33. The van der Waals surface area contributed by atoms with Gasteiger partial charge in [0.1, 0.15) is 5.75 Å². The molecule has 0 bridgehead atoms. The van der Waals surface area contributed by atoms with E-state index in [9.17, 15) is 5.11 Å². The molecule has 0 fully saturated rings. The summed E-state index contributed by atoms with van der Waals surface area (Å²) < 4.78 is 0.769. The van der Waals surface area contributed by atoms with Gasteiger partial charge in [-0.3, -0.25) is 0 Å². The molecule has 0 aliphatic heterocycles. The zero-order chi connectivity index (χ0) is 10.0. The molecule has 0 heterocycles. The van der Waals surface area contributed by atoms with Gasteiger partial charge < -0.3 is 10.8 Å². The van der Waals surface area contributed by atoms with Gasteiger partial charge in [-0.1, -0.05) is 12.1 Å². The van der Waals surface area contributed by atoms with E-state index in [4.69, 9.17) is 5.73 Å². The Morgan fingerprint density at radius 1 is 1.54 bits per heavy atom. The Morgan fingerprint density at radius 2 is 2.15 bits per heavy atom. The van der Waals surface area contributed by atoms with Gasteiger partial charge in [-0.2, -0.15) is 0 Å². The molecule has 0 aromatic heterocycles. The number of aromatic hydroxyl groups is 1. The highest BCUT2D eigenvalue weighted by Crippen LogP contribution is 2.31. The second-order valence-corrected chi connectivity index (χ2v) is 4.18. The lowest BCUT2D eigenvalue weighted by Crippen LogP contribution is -2.17. The van der Waals surface area contributed by atoms with E-state index in [0.29, 0.717) is 12.2 Å². The topological polar surface area (TPSA) is 46.2 Å². The van der Waals surface area contributed by atoms with Gasteiger partial charge in [-0.05, 0) is 47.3 Å². The number of nitrogens with two attached hydrogens (primary N) is 1. The first-order valence-corrected chi connectivity index (χ1v) is 5.04. The Morgan fingerprint density at radius 3 is 2.69 bits per heavy atom. The summed E-state index contributed by atoms with van der Waals surface area (Å²) in [6, 6.07) is 3.96. The fraction of sp³-hybridized carbons (Fsp3) is 0.400. The van der Waals surface area contributed by atoms with E-state index in [1.165, 1.54) is 0 Å². The number of benzene rings is 1. The maximum Gasteiger partial charge on any atom is 0.133 e. The molecular weight excluding hydrogens is 230 g/mol. The molecule has 0 amide bonds. The zero-order valence-electron chi connectivity index (χ0n) is 7.84. The number of hydrogen-bond acceptors (Lipinski definition) is 2. The van der Waals surface area contributed by atoms with Gasteiger partial charge in [0.15, 0.2) is 0 Å². The summed E-state index contributed by atoms with van der Waals surface area (Å²) in [5.74, 6) is 0.317. The highest BCUT2D eigenvalue weighted by Gasteiger charge is 2.08. The van der Waals surface area contributed by atoms with Crippen LogP contribution in [-0.4, -0.2) is 11.1 Å². The Hall–Kier alpha value is -0.540. The van der Waals surface area contributed by atoms with E-state index < -0.39 is 0 Å². The minimum absolute atomic E-state index is 0.0699. The van der Waals surface area contributed by atoms with Gasteiger partial charge in [0.2, 0.25) is 0 Å². The van der Waals surface area contributed by atoms with Crippen molar-refractivity contribution in [3.8, 4) is 5.75 Å². The molecule has 3 heteroatoms. The summed E-state index contributed by atoms with van der Waals surface area (Å²) in [6.07, 6.45) is 0.699. The first-order chi connectivity index (χ1) is 6.02. The van der Waals surface area contributed by atoms with Crippen LogP contribution in [0.15, 0.2) is 16.6 Å². The fourth-order valence-electron chi connectivity index (χ4n) is 1.22. The molecule has 1 aromatic rings. The molecule has 0 aliphatic rings. The average molecular weight is 244 g/mol. The second-order valence-electron chi connectivity index (χ2n) is 3.39. The summed E-state index contributed by atoms with van der Waals surface area (Å²) in [5, 5.41) is 9.72. The lowest BCUT2D eigenvalue weighted by molar-refractivity contribution is 0.461. The first-order valence-electron chi connectivity index (χ1n) is 4.25. The van der Waals surface area contributed by atoms with Crippen molar-refractivity contribution in [3.05, 3.63) is 27.7 Å². The molecule has 0 saturated heterocycles. The van der Waals surface area contributed by atoms with Crippen LogP contribution >= 0.6 is 15.9 Å². The highest BCUT2D eigenvalue weighted by molar-refractivity contribution is 9.10. The van der Waals surface area contributed by atoms with Gasteiger partial charge in [-0.15, -0.1) is 0 Å². The van der Waals surface area contributed by atoms with Gasteiger partial charge in [0, 0.05) is 6.04 Å². The van der Waals surface area contributed by atoms with E-state index in [0.717, 1.165) is 15.6 Å². The molecule has 1 unspecified atom stereocenters. The van der Waals surface area contributed by atoms with Gasteiger partial charge in [-0.25, -0.2) is 0 Å². The lowest BCUT2D eigenvalue weighted by atomic mass is 10.0. The fourth-order valence-corrected chi connectivity index (χ4v) is 1.60. The summed E-state index contributed by atoms with van der Waals surface area (Å²) in [4.78, 5) is 0. The standard InChI is InChI=1S/C10H14BrNO/c1-6-3-4-8(5-7(2)12)10(13)9(6)11/h3-4,7,13H,5,12H2,1-2H3. The molecule has 1 atom stereocenters. The predicted octanol–water partition coefficient (Wildman–Crippen LogP) is 2.35. The van der Waals surface area contributed by atoms with Gasteiger partial charge in [0.05, 0.1) is 4.47 Å². The third-order valence-corrected chi connectivity index (χ3v) is 2.94. The summed E-state index contributed by atoms with van der Waals surface area (Å²) in [5.41, 5.74) is 7.58. The van der Waals surface area contributed by atoms with Crippen LogP contribution in [0.5, 0.6) is 5.75 Å². The number of halogens is 1. The van der Waals surface area contributed by atoms with E-state index in [-0.39, 0.29) is 6.04 Å².